The third kappa shape index (κ3) is 4.82. The molecule has 3 rings (SSSR count). The highest BCUT2D eigenvalue weighted by atomic mass is 19.4. The van der Waals surface area contributed by atoms with Crippen molar-refractivity contribution in [3.63, 3.8) is 0 Å². The SMILES string of the molecule is CN(Cc1ccc(C(=O)CCCN2C(=O)c3ccccc3C2=O)cc1)C(=O)C(F)(F)F. The molecule has 9 heteroatoms. The Labute approximate surface area is 176 Å². The van der Waals surface area contributed by atoms with Crippen LogP contribution in [0.25, 0.3) is 0 Å². The number of hydrogen-bond donors (Lipinski definition) is 0. The fourth-order valence-electron chi connectivity index (χ4n) is 3.34. The van der Waals surface area contributed by atoms with E-state index in [9.17, 15) is 32.3 Å². The number of nitrogens with zero attached hydrogens (tertiary/aromatic N) is 2. The molecule has 0 N–H and O–H groups in total. The molecule has 0 saturated heterocycles. The summed E-state index contributed by atoms with van der Waals surface area (Å²) >= 11 is 0. The van der Waals surface area contributed by atoms with Crippen LogP contribution in [0.4, 0.5) is 13.2 Å². The number of ketones is 1. The molecule has 0 fully saturated rings. The number of hydrogen-bond acceptors (Lipinski definition) is 4. The molecule has 0 saturated carbocycles. The molecule has 6 nitrogen and oxygen atoms in total. The summed E-state index contributed by atoms with van der Waals surface area (Å²) in [6.45, 7) is -0.132. The maximum Gasteiger partial charge on any atom is 0.471 e. The normalized spacial score (nSPS) is 13.4. The second-order valence-electron chi connectivity index (χ2n) is 7.19. The van der Waals surface area contributed by atoms with Crippen molar-refractivity contribution in [1.82, 2.24) is 9.80 Å². The van der Waals surface area contributed by atoms with Crippen molar-refractivity contribution in [2.45, 2.75) is 25.6 Å². The molecule has 1 heterocycles. The number of Topliss-reactive ketones (excluding diaryl/α,β-unsaturated/α-hetero) is 1. The van der Waals surface area contributed by atoms with E-state index in [-0.39, 0.29) is 43.5 Å². The summed E-state index contributed by atoms with van der Waals surface area (Å²) in [7, 11) is 1.05. The predicted molar refractivity (Wildman–Crippen MR) is 104 cm³/mol. The summed E-state index contributed by atoms with van der Waals surface area (Å²) in [6, 6.07) is 12.4. The third-order valence-electron chi connectivity index (χ3n) is 4.95. The molecule has 0 atom stereocenters. The van der Waals surface area contributed by atoms with Gasteiger partial charge in [0, 0.05) is 32.1 Å². The van der Waals surface area contributed by atoms with Crippen LogP contribution >= 0.6 is 0 Å². The van der Waals surface area contributed by atoms with Gasteiger partial charge in [-0.2, -0.15) is 13.2 Å². The maximum absolute atomic E-state index is 12.4. The second-order valence-corrected chi connectivity index (χ2v) is 7.19. The van der Waals surface area contributed by atoms with E-state index < -0.39 is 12.1 Å². The van der Waals surface area contributed by atoms with Gasteiger partial charge in [0.2, 0.25) is 0 Å². The van der Waals surface area contributed by atoms with E-state index in [1.807, 2.05) is 0 Å². The lowest BCUT2D eigenvalue weighted by molar-refractivity contribution is -0.184. The lowest BCUT2D eigenvalue weighted by Gasteiger charge is -2.18. The Morgan fingerprint density at radius 3 is 2.00 bits per heavy atom. The molecular weight excluding hydrogens is 413 g/mol. The number of alkyl halides is 3. The molecule has 0 radical (unpaired) electrons. The van der Waals surface area contributed by atoms with Gasteiger partial charge < -0.3 is 4.90 Å². The van der Waals surface area contributed by atoms with Crippen LogP contribution in [0.15, 0.2) is 48.5 Å². The summed E-state index contributed by atoms with van der Waals surface area (Å²) < 4.78 is 37.3. The van der Waals surface area contributed by atoms with Gasteiger partial charge in [0.25, 0.3) is 11.8 Å². The molecule has 0 spiro atoms. The molecule has 0 bridgehead atoms. The quantitative estimate of drug-likeness (QED) is 0.496. The van der Waals surface area contributed by atoms with Gasteiger partial charge in [-0.05, 0) is 24.1 Å². The first-order chi connectivity index (χ1) is 14.6. The van der Waals surface area contributed by atoms with Crippen LogP contribution in [0, 0.1) is 0 Å². The van der Waals surface area contributed by atoms with Gasteiger partial charge in [-0.25, -0.2) is 0 Å². The number of benzene rings is 2. The summed E-state index contributed by atoms with van der Waals surface area (Å²) in [5.41, 5.74) is 1.50. The highest BCUT2D eigenvalue weighted by Gasteiger charge is 2.41. The smallest absolute Gasteiger partial charge is 0.334 e. The zero-order valence-corrected chi connectivity index (χ0v) is 16.6. The van der Waals surface area contributed by atoms with E-state index in [1.54, 1.807) is 24.3 Å². The van der Waals surface area contributed by atoms with Gasteiger partial charge in [-0.1, -0.05) is 36.4 Å². The monoisotopic (exact) mass is 432 g/mol. The van der Waals surface area contributed by atoms with Gasteiger partial charge in [-0.15, -0.1) is 0 Å². The van der Waals surface area contributed by atoms with Gasteiger partial charge in [0.05, 0.1) is 11.1 Å². The van der Waals surface area contributed by atoms with Gasteiger partial charge in [0.15, 0.2) is 5.78 Å². The van der Waals surface area contributed by atoms with Crippen molar-refractivity contribution < 1.29 is 32.3 Å². The zero-order valence-electron chi connectivity index (χ0n) is 16.6. The minimum atomic E-state index is -4.94. The molecule has 2 aromatic rings. The highest BCUT2D eigenvalue weighted by Crippen LogP contribution is 2.23. The Hall–Kier alpha value is -3.49. The van der Waals surface area contributed by atoms with Crippen molar-refractivity contribution in [3.8, 4) is 0 Å². The van der Waals surface area contributed by atoms with Crippen molar-refractivity contribution >= 4 is 23.5 Å². The van der Waals surface area contributed by atoms with Crippen molar-refractivity contribution in [1.29, 1.82) is 0 Å². The molecule has 2 aromatic carbocycles. The van der Waals surface area contributed by atoms with Crippen LogP contribution in [0.5, 0.6) is 0 Å². The molecule has 0 aromatic heterocycles. The standard InChI is InChI=1S/C22H19F3N2O4/c1-26(21(31)22(23,24)25)13-14-8-10-15(11-9-14)18(28)7-4-12-27-19(29)16-5-2-3-6-17(16)20(27)30/h2-3,5-6,8-11H,4,7,12-13H2,1H3. The third-order valence-corrected chi connectivity index (χ3v) is 4.95. The predicted octanol–water partition coefficient (Wildman–Crippen LogP) is 3.47. The summed E-state index contributed by atoms with van der Waals surface area (Å²) in [4.78, 5) is 49.9. The number of fused-ring (bicyclic) bond motifs is 1. The first kappa shape index (κ1) is 22.2. The van der Waals surface area contributed by atoms with Gasteiger partial charge in [0.1, 0.15) is 0 Å². The highest BCUT2D eigenvalue weighted by molar-refractivity contribution is 6.21. The summed E-state index contributed by atoms with van der Waals surface area (Å²) in [5.74, 6) is -2.92. The van der Waals surface area contributed by atoms with Gasteiger partial charge >= 0.3 is 12.1 Å². The first-order valence-electron chi connectivity index (χ1n) is 9.49. The van der Waals surface area contributed by atoms with Crippen LogP contribution in [-0.2, 0) is 11.3 Å². The van der Waals surface area contributed by atoms with Crippen LogP contribution in [-0.4, -0.2) is 53.1 Å². The fraction of sp³-hybridized carbons (Fsp3) is 0.273. The lowest BCUT2D eigenvalue weighted by Crippen LogP contribution is -2.37. The van der Waals surface area contributed by atoms with E-state index in [2.05, 4.69) is 0 Å². The average molecular weight is 432 g/mol. The van der Waals surface area contributed by atoms with Crippen molar-refractivity contribution in [2.75, 3.05) is 13.6 Å². The molecule has 31 heavy (non-hydrogen) atoms. The fourth-order valence-corrected chi connectivity index (χ4v) is 3.34. The maximum atomic E-state index is 12.4. The van der Waals surface area contributed by atoms with Crippen LogP contribution in [0.3, 0.4) is 0 Å². The summed E-state index contributed by atoms with van der Waals surface area (Å²) in [6.07, 6.45) is -4.56. The molecular formula is C22H19F3N2O4. The Bertz CT molecular complexity index is 997. The topological polar surface area (TPSA) is 74.8 Å². The molecule has 3 amide bonds. The van der Waals surface area contributed by atoms with Crippen molar-refractivity contribution in [2.24, 2.45) is 0 Å². The van der Waals surface area contributed by atoms with Crippen LogP contribution in [0.2, 0.25) is 0 Å². The largest absolute Gasteiger partial charge is 0.471 e. The molecule has 0 unspecified atom stereocenters. The minimum absolute atomic E-state index is 0.0964. The van der Waals surface area contributed by atoms with Gasteiger partial charge in [-0.3, -0.25) is 24.1 Å². The first-order valence-corrected chi connectivity index (χ1v) is 9.49. The number of carbonyl (C=O) groups is 4. The number of carbonyl (C=O) groups excluding carboxylic acids is 4. The molecule has 162 valence electrons. The number of rotatable bonds is 7. The molecule has 0 aliphatic carbocycles. The average Bonchev–Trinajstić information content (AvgIpc) is 2.98. The van der Waals surface area contributed by atoms with Crippen LogP contribution < -0.4 is 0 Å². The summed E-state index contributed by atoms with van der Waals surface area (Å²) in [5, 5.41) is 0. The Morgan fingerprint density at radius 2 is 1.48 bits per heavy atom. The van der Waals surface area contributed by atoms with Crippen molar-refractivity contribution in [3.05, 3.63) is 70.8 Å². The second kappa shape index (κ2) is 8.71. The Balaban J connectivity index is 1.52. The molecule has 1 aliphatic rings. The zero-order chi connectivity index (χ0) is 22.8. The van der Waals surface area contributed by atoms with E-state index in [0.29, 0.717) is 27.2 Å². The lowest BCUT2D eigenvalue weighted by atomic mass is 10.0. The molecule has 1 aliphatic heterocycles. The van der Waals surface area contributed by atoms with E-state index in [0.717, 1.165) is 11.9 Å². The number of amides is 3. The van der Waals surface area contributed by atoms with E-state index in [1.165, 1.54) is 24.3 Å². The van der Waals surface area contributed by atoms with E-state index in [4.69, 9.17) is 0 Å². The number of imide groups is 1. The van der Waals surface area contributed by atoms with Crippen LogP contribution in [0.1, 0.15) is 49.5 Å². The van der Waals surface area contributed by atoms with E-state index >= 15 is 0 Å². The number of halogens is 3. The minimum Gasteiger partial charge on any atom is -0.334 e. The Morgan fingerprint density at radius 1 is 0.935 bits per heavy atom. The Kier molecular flexibility index (Phi) is 6.24.